The van der Waals surface area contributed by atoms with Crippen LogP contribution >= 0.6 is 0 Å². The second-order valence-corrected chi connectivity index (χ2v) is 8.34. The molecule has 2 amide bonds. The molecule has 3 aromatic rings. The Bertz CT molecular complexity index is 1170. The summed E-state index contributed by atoms with van der Waals surface area (Å²) in [4.78, 5) is 26.9. The van der Waals surface area contributed by atoms with Crippen LogP contribution < -0.4 is 14.8 Å². The predicted octanol–water partition coefficient (Wildman–Crippen LogP) is 2.77. The molecular formula is C24H26N4O4. The third kappa shape index (κ3) is 4.00. The van der Waals surface area contributed by atoms with Crippen molar-refractivity contribution in [1.82, 2.24) is 20.0 Å². The molecule has 1 atom stereocenters. The average Bonchev–Trinajstić information content (AvgIpc) is 3.50. The molecule has 1 fully saturated rings. The summed E-state index contributed by atoms with van der Waals surface area (Å²) in [6.45, 7) is 3.91. The number of carbonyl (C=O) groups excluding carboxylic acids is 2. The SMILES string of the molecule is Cc1ccc2cnn(CCCNC(=O)C3CCC(=O)N3Cc3ccc4c(c3)OCO4)c2c1. The first-order chi connectivity index (χ1) is 15.6. The second-order valence-electron chi connectivity index (χ2n) is 8.34. The maximum absolute atomic E-state index is 12.8. The predicted molar refractivity (Wildman–Crippen MR) is 118 cm³/mol. The molecule has 0 radical (unpaired) electrons. The summed E-state index contributed by atoms with van der Waals surface area (Å²) >= 11 is 0. The Morgan fingerprint density at radius 1 is 1.19 bits per heavy atom. The molecule has 2 aliphatic rings. The van der Waals surface area contributed by atoms with E-state index in [9.17, 15) is 9.59 Å². The minimum atomic E-state index is -0.443. The molecule has 166 valence electrons. The zero-order chi connectivity index (χ0) is 22.1. The largest absolute Gasteiger partial charge is 0.454 e. The van der Waals surface area contributed by atoms with Crippen molar-refractivity contribution in [2.24, 2.45) is 0 Å². The summed E-state index contributed by atoms with van der Waals surface area (Å²) in [6.07, 6.45) is 3.56. The van der Waals surface area contributed by atoms with Gasteiger partial charge in [0.1, 0.15) is 6.04 Å². The summed E-state index contributed by atoms with van der Waals surface area (Å²) < 4.78 is 12.7. The number of benzene rings is 2. The standard InChI is InChI=1S/C24H26N4O4/c1-16-3-5-18-13-26-28(20(18)11-16)10-2-9-25-24(30)19-6-8-23(29)27(19)14-17-4-7-21-22(12-17)32-15-31-21/h3-5,7,11-13,19H,2,6,8-10,14-15H2,1H3,(H,25,30). The van der Waals surface area contributed by atoms with Crippen molar-refractivity contribution in [3.8, 4) is 11.5 Å². The van der Waals surface area contributed by atoms with Gasteiger partial charge in [-0.15, -0.1) is 0 Å². The van der Waals surface area contributed by atoms with Gasteiger partial charge in [-0.1, -0.05) is 18.2 Å². The van der Waals surface area contributed by atoms with Crippen LogP contribution in [0.4, 0.5) is 0 Å². The van der Waals surface area contributed by atoms with Gasteiger partial charge in [0.25, 0.3) is 0 Å². The summed E-state index contributed by atoms with van der Waals surface area (Å²) in [5.74, 6) is 1.28. The lowest BCUT2D eigenvalue weighted by Gasteiger charge is -2.24. The highest BCUT2D eigenvalue weighted by molar-refractivity contribution is 5.90. The third-order valence-electron chi connectivity index (χ3n) is 6.07. The number of nitrogens with one attached hydrogen (secondary N) is 1. The van der Waals surface area contributed by atoms with Crippen LogP contribution in [0.25, 0.3) is 10.9 Å². The van der Waals surface area contributed by atoms with Crippen molar-refractivity contribution in [3.63, 3.8) is 0 Å². The molecule has 8 nitrogen and oxygen atoms in total. The first kappa shape index (κ1) is 20.4. The number of rotatable bonds is 7. The molecule has 1 aromatic heterocycles. The molecule has 3 heterocycles. The van der Waals surface area contributed by atoms with E-state index in [-0.39, 0.29) is 18.6 Å². The van der Waals surface area contributed by atoms with Gasteiger partial charge in [0.2, 0.25) is 18.6 Å². The van der Waals surface area contributed by atoms with Gasteiger partial charge in [-0.05, 0) is 49.1 Å². The number of fused-ring (bicyclic) bond motifs is 2. The lowest BCUT2D eigenvalue weighted by Crippen LogP contribution is -2.44. The molecule has 0 saturated carbocycles. The van der Waals surface area contributed by atoms with Crippen LogP contribution in [0, 0.1) is 6.92 Å². The Balaban J connectivity index is 1.16. The number of likely N-dealkylation sites (tertiary alicyclic amines) is 1. The van der Waals surface area contributed by atoms with Gasteiger partial charge in [-0.2, -0.15) is 5.10 Å². The van der Waals surface area contributed by atoms with Crippen LogP contribution in [0.1, 0.15) is 30.4 Å². The Morgan fingerprint density at radius 2 is 2.06 bits per heavy atom. The van der Waals surface area contributed by atoms with Gasteiger partial charge in [0, 0.05) is 31.4 Å². The molecule has 2 aromatic carbocycles. The van der Waals surface area contributed by atoms with E-state index in [1.54, 1.807) is 4.90 Å². The van der Waals surface area contributed by atoms with Gasteiger partial charge in [0.05, 0.1) is 11.7 Å². The number of aryl methyl sites for hydroxylation is 2. The van der Waals surface area contributed by atoms with Crippen molar-refractivity contribution in [1.29, 1.82) is 0 Å². The summed E-state index contributed by atoms with van der Waals surface area (Å²) in [5, 5.41) is 8.58. The summed E-state index contributed by atoms with van der Waals surface area (Å²) in [6, 6.07) is 11.5. The van der Waals surface area contributed by atoms with Crippen LogP contribution in [0.2, 0.25) is 0 Å². The van der Waals surface area contributed by atoms with Gasteiger partial charge in [-0.25, -0.2) is 0 Å². The highest BCUT2D eigenvalue weighted by Crippen LogP contribution is 2.33. The number of aromatic nitrogens is 2. The summed E-state index contributed by atoms with van der Waals surface area (Å²) in [7, 11) is 0. The quantitative estimate of drug-likeness (QED) is 0.578. The van der Waals surface area contributed by atoms with Gasteiger partial charge >= 0.3 is 0 Å². The van der Waals surface area contributed by atoms with Crippen molar-refractivity contribution < 1.29 is 19.1 Å². The van der Waals surface area contributed by atoms with Crippen molar-refractivity contribution in [2.75, 3.05) is 13.3 Å². The number of carbonyl (C=O) groups is 2. The van der Waals surface area contributed by atoms with Crippen molar-refractivity contribution >= 4 is 22.7 Å². The molecular weight excluding hydrogens is 408 g/mol. The minimum absolute atomic E-state index is 0.00111. The highest BCUT2D eigenvalue weighted by Gasteiger charge is 2.36. The lowest BCUT2D eigenvalue weighted by atomic mass is 10.1. The van der Waals surface area contributed by atoms with E-state index in [1.165, 1.54) is 5.56 Å². The average molecular weight is 434 g/mol. The van der Waals surface area contributed by atoms with Crippen LogP contribution in [-0.2, 0) is 22.7 Å². The van der Waals surface area contributed by atoms with Gasteiger partial charge in [0.15, 0.2) is 11.5 Å². The maximum atomic E-state index is 12.8. The number of amides is 2. The zero-order valence-electron chi connectivity index (χ0n) is 18.0. The first-order valence-corrected chi connectivity index (χ1v) is 11.0. The fourth-order valence-corrected chi connectivity index (χ4v) is 4.36. The van der Waals surface area contributed by atoms with Gasteiger partial charge < -0.3 is 19.7 Å². The zero-order valence-corrected chi connectivity index (χ0v) is 18.0. The molecule has 2 aliphatic heterocycles. The fourth-order valence-electron chi connectivity index (χ4n) is 4.36. The number of hydrogen-bond donors (Lipinski definition) is 1. The topological polar surface area (TPSA) is 85.7 Å². The van der Waals surface area contributed by atoms with Gasteiger partial charge in [-0.3, -0.25) is 14.3 Å². The minimum Gasteiger partial charge on any atom is -0.454 e. The Hall–Kier alpha value is -3.55. The van der Waals surface area contributed by atoms with E-state index >= 15 is 0 Å². The molecule has 0 bridgehead atoms. The van der Waals surface area contributed by atoms with E-state index in [2.05, 4.69) is 35.5 Å². The molecule has 0 spiro atoms. The number of ether oxygens (including phenoxy) is 2. The van der Waals surface area contributed by atoms with E-state index < -0.39 is 6.04 Å². The first-order valence-electron chi connectivity index (χ1n) is 11.0. The van der Waals surface area contributed by atoms with Crippen molar-refractivity contribution in [2.45, 2.75) is 45.3 Å². The molecule has 8 heteroatoms. The Morgan fingerprint density at radius 3 is 2.97 bits per heavy atom. The molecule has 32 heavy (non-hydrogen) atoms. The van der Waals surface area contributed by atoms with E-state index in [0.29, 0.717) is 37.4 Å². The monoisotopic (exact) mass is 434 g/mol. The smallest absolute Gasteiger partial charge is 0.242 e. The van der Waals surface area contributed by atoms with E-state index in [1.807, 2.05) is 29.1 Å². The Labute approximate surface area is 186 Å². The molecule has 0 aliphatic carbocycles. The van der Waals surface area contributed by atoms with Crippen LogP contribution in [-0.4, -0.2) is 45.9 Å². The van der Waals surface area contributed by atoms with Crippen LogP contribution in [0.15, 0.2) is 42.6 Å². The van der Waals surface area contributed by atoms with Crippen LogP contribution in [0.3, 0.4) is 0 Å². The second kappa shape index (κ2) is 8.53. The number of nitrogens with zero attached hydrogens (tertiary/aromatic N) is 3. The molecule has 1 unspecified atom stereocenters. The lowest BCUT2D eigenvalue weighted by molar-refractivity contribution is -0.135. The van der Waals surface area contributed by atoms with Crippen LogP contribution in [0.5, 0.6) is 11.5 Å². The normalized spacial score (nSPS) is 17.3. The molecule has 1 saturated heterocycles. The Kier molecular flexibility index (Phi) is 5.43. The number of hydrogen-bond acceptors (Lipinski definition) is 5. The molecule has 1 N–H and O–H groups in total. The van der Waals surface area contributed by atoms with E-state index in [4.69, 9.17) is 9.47 Å². The third-order valence-corrected chi connectivity index (χ3v) is 6.07. The highest BCUT2D eigenvalue weighted by atomic mass is 16.7. The van der Waals surface area contributed by atoms with E-state index in [0.717, 1.165) is 29.4 Å². The molecule has 5 rings (SSSR count). The summed E-state index contributed by atoms with van der Waals surface area (Å²) in [5.41, 5.74) is 3.22. The fraction of sp³-hybridized carbons (Fsp3) is 0.375. The van der Waals surface area contributed by atoms with Crippen molar-refractivity contribution in [3.05, 3.63) is 53.7 Å². The maximum Gasteiger partial charge on any atom is 0.242 e.